The first-order valence-corrected chi connectivity index (χ1v) is 9.62. The summed E-state index contributed by atoms with van der Waals surface area (Å²) in [6.07, 6.45) is 8.15. The molecule has 0 N–H and O–H groups in total. The Morgan fingerprint density at radius 3 is 2.60 bits per heavy atom. The van der Waals surface area contributed by atoms with Crippen molar-refractivity contribution in [2.75, 3.05) is 6.61 Å². The highest BCUT2D eigenvalue weighted by Gasteiger charge is 2.18. The minimum absolute atomic E-state index is 0.115. The monoisotopic (exact) mass is 396 g/mol. The third-order valence-electron chi connectivity index (χ3n) is 4.83. The number of furan rings is 1. The average Bonchev–Trinajstić information content (AvgIpc) is 3.31. The number of ketones is 1. The molecular formula is C25H20N2O3. The molecule has 2 aromatic heterocycles. The second kappa shape index (κ2) is 8.22. The molecule has 0 saturated heterocycles. The van der Waals surface area contributed by atoms with Crippen LogP contribution < -0.4 is 4.74 Å². The highest BCUT2D eigenvalue weighted by molar-refractivity contribution is 6.08. The van der Waals surface area contributed by atoms with E-state index in [9.17, 15) is 4.79 Å². The summed E-state index contributed by atoms with van der Waals surface area (Å²) in [6.45, 7) is 4.46. The summed E-state index contributed by atoms with van der Waals surface area (Å²) in [6, 6.07) is 15.2. The standard InChI is InChI=1S/C25H20N2O3/c1-4-12-30-20-9-10-22-21(14-20)23(18-7-5-17(6-8-18)16(2)3)27-25(26-22)24(28)19-11-13-29-15-19/h1,5-11,13-16H,12H2,2-3H3. The predicted octanol–water partition coefficient (Wildman–Crippen LogP) is 5.26. The molecule has 4 aromatic rings. The van der Waals surface area contributed by atoms with Crippen LogP contribution >= 0.6 is 0 Å². The minimum Gasteiger partial charge on any atom is -0.481 e. The van der Waals surface area contributed by atoms with Gasteiger partial charge in [-0.2, -0.15) is 0 Å². The maximum atomic E-state index is 12.9. The van der Waals surface area contributed by atoms with Crippen LogP contribution in [-0.4, -0.2) is 22.4 Å². The first-order chi connectivity index (χ1) is 14.6. The molecule has 0 saturated carbocycles. The Morgan fingerprint density at radius 1 is 1.13 bits per heavy atom. The number of nitrogens with zero attached hydrogens (tertiary/aromatic N) is 2. The lowest BCUT2D eigenvalue weighted by Crippen LogP contribution is -2.08. The van der Waals surface area contributed by atoms with Gasteiger partial charge in [0.1, 0.15) is 18.6 Å². The molecule has 0 fully saturated rings. The Kier molecular flexibility index (Phi) is 5.32. The van der Waals surface area contributed by atoms with Gasteiger partial charge in [0, 0.05) is 10.9 Å². The zero-order chi connectivity index (χ0) is 21.1. The molecule has 4 rings (SSSR count). The molecule has 0 bridgehead atoms. The highest BCUT2D eigenvalue weighted by atomic mass is 16.5. The van der Waals surface area contributed by atoms with Gasteiger partial charge in [0.15, 0.2) is 0 Å². The van der Waals surface area contributed by atoms with Crippen LogP contribution in [0, 0.1) is 12.3 Å². The lowest BCUT2D eigenvalue weighted by Gasteiger charge is -2.11. The lowest BCUT2D eigenvalue weighted by molar-refractivity contribution is 0.102. The number of carbonyl (C=O) groups excluding carboxylic acids is 1. The molecule has 5 heteroatoms. The number of ether oxygens (including phenoxy) is 1. The number of hydrogen-bond acceptors (Lipinski definition) is 5. The molecule has 30 heavy (non-hydrogen) atoms. The van der Waals surface area contributed by atoms with Crippen LogP contribution in [0.4, 0.5) is 0 Å². The fraction of sp³-hybridized carbons (Fsp3) is 0.160. The average molecular weight is 396 g/mol. The van der Waals surface area contributed by atoms with E-state index in [0.29, 0.717) is 28.4 Å². The van der Waals surface area contributed by atoms with Crippen molar-refractivity contribution in [2.45, 2.75) is 19.8 Å². The van der Waals surface area contributed by atoms with Gasteiger partial charge in [0.05, 0.1) is 23.0 Å². The van der Waals surface area contributed by atoms with Gasteiger partial charge in [-0.25, -0.2) is 9.97 Å². The van der Waals surface area contributed by atoms with Gasteiger partial charge in [0.2, 0.25) is 11.6 Å². The van der Waals surface area contributed by atoms with Gasteiger partial charge in [0.25, 0.3) is 0 Å². The summed E-state index contributed by atoms with van der Waals surface area (Å²) in [5.74, 6) is 3.32. The second-order valence-electron chi connectivity index (χ2n) is 7.19. The van der Waals surface area contributed by atoms with Crippen molar-refractivity contribution in [3.63, 3.8) is 0 Å². The number of aromatic nitrogens is 2. The molecule has 0 unspecified atom stereocenters. The SMILES string of the molecule is C#CCOc1ccc2nc(C(=O)c3ccoc3)nc(-c3ccc(C(C)C)cc3)c2c1. The van der Waals surface area contributed by atoms with Crippen molar-refractivity contribution in [1.29, 1.82) is 0 Å². The quantitative estimate of drug-likeness (QED) is 0.329. The normalized spacial score (nSPS) is 10.9. The van der Waals surface area contributed by atoms with Crippen LogP contribution in [-0.2, 0) is 0 Å². The van der Waals surface area contributed by atoms with E-state index in [1.54, 1.807) is 18.2 Å². The van der Waals surface area contributed by atoms with Crippen molar-refractivity contribution in [3.05, 3.63) is 78.0 Å². The molecule has 0 amide bonds. The van der Waals surface area contributed by atoms with Crippen molar-refractivity contribution in [1.82, 2.24) is 9.97 Å². The summed E-state index contributed by atoms with van der Waals surface area (Å²) in [5, 5.41) is 0.783. The molecule has 0 aliphatic heterocycles. The molecular weight excluding hydrogens is 376 g/mol. The third kappa shape index (κ3) is 3.81. The summed E-state index contributed by atoms with van der Waals surface area (Å²) < 4.78 is 10.6. The first-order valence-electron chi connectivity index (χ1n) is 9.62. The van der Waals surface area contributed by atoms with Crippen molar-refractivity contribution in [2.24, 2.45) is 0 Å². The Labute approximate surface area is 174 Å². The van der Waals surface area contributed by atoms with Crippen LogP contribution in [0.1, 0.15) is 41.5 Å². The van der Waals surface area contributed by atoms with Crippen LogP contribution in [0.3, 0.4) is 0 Å². The zero-order valence-corrected chi connectivity index (χ0v) is 16.8. The van der Waals surface area contributed by atoms with Gasteiger partial charge in [-0.3, -0.25) is 4.79 Å². The molecule has 2 heterocycles. The van der Waals surface area contributed by atoms with Crippen LogP contribution in [0.2, 0.25) is 0 Å². The van der Waals surface area contributed by atoms with E-state index < -0.39 is 0 Å². The molecule has 148 valence electrons. The molecule has 0 spiro atoms. The number of benzene rings is 2. The van der Waals surface area contributed by atoms with Crippen molar-refractivity contribution in [3.8, 4) is 29.4 Å². The number of hydrogen-bond donors (Lipinski definition) is 0. The Hall–Kier alpha value is -3.91. The smallest absolute Gasteiger partial charge is 0.233 e. The molecule has 0 aliphatic rings. The topological polar surface area (TPSA) is 65.2 Å². The van der Waals surface area contributed by atoms with Crippen LogP contribution in [0.15, 0.2) is 65.5 Å². The number of rotatable bonds is 6. The van der Waals surface area contributed by atoms with E-state index in [0.717, 1.165) is 10.9 Å². The van der Waals surface area contributed by atoms with Gasteiger partial charge >= 0.3 is 0 Å². The van der Waals surface area contributed by atoms with Gasteiger partial charge < -0.3 is 9.15 Å². The summed E-state index contributed by atoms with van der Waals surface area (Å²) in [5.41, 5.74) is 3.83. The van der Waals surface area contributed by atoms with E-state index in [1.165, 1.54) is 18.1 Å². The largest absolute Gasteiger partial charge is 0.481 e. The predicted molar refractivity (Wildman–Crippen MR) is 116 cm³/mol. The molecule has 5 nitrogen and oxygen atoms in total. The zero-order valence-electron chi connectivity index (χ0n) is 16.8. The van der Waals surface area contributed by atoms with Gasteiger partial charge in [-0.15, -0.1) is 6.42 Å². The van der Waals surface area contributed by atoms with Gasteiger partial charge in [-0.1, -0.05) is 44.0 Å². The Balaban J connectivity index is 1.88. The van der Waals surface area contributed by atoms with Crippen LogP contribution in [0.5, 0.6) is 5.75 Å². The third-order valence-corrected chi connectivity index (χ3v) is 4.83. The summed E-state index contributed by atoms with van der Waals surface area (Å²) >= 11 is 0. The summed E-state index contributed by atoms with van der Waals surface area (Å²) in [4.78, 5) is 22.0. The van der Waals surface area contributed by atoms with Crippen molar-refractivity contribution < 1.29 is 13.9 Å². The minimum atomic E-state index is -0.293. The fourth-order valence-corrected chi connectivity index (χ4v) is 3.19. The van der Waals surface area contributed by atoms with E-state index in [2.05, 4.69) is 41.9 Å². The molecule has 2 aromatic carbocycles. The highest BCUT2D eigenvalue weighted by Crippen LogP contribution is 2.30. The fourth-order valence-electron chi connectivity index (χ4n) is 3.19. The number of fused-ring (bicyclic) bond motifs is 1. The maximum absolute atomic E-state index is 12.9. The number of carbonyl (C=O) groups is 1. The molecule has 0 radical (unpaired) electrons. The molecule has 0 atom stereocenters. The first kappa shape index (κ1) is 19.4. The van der Waals surface area contributed by atoms with E-state index in [-0.39, 0.29) is 18.2 Å². The van der Waals surface area contributed by atoms with E-state index in [4.69, 9.17) is 15.6 Å². The van der Waals surface area contributed by atoms with Gasteiger partial charge in [-0.05, 0) is 35.7 Å². The Morgan fingerprint density at radius 2 is 1.93 bits per heavy atom. The summed E-state index contributed by atoms with van der Waals surface area (Å²) in [7, 11) is 0. The van der Waals surface area contributed by atoms with Crippen LogP contribution in [0.25, 0.3) is 22.2 Å². The van der Waals surface area contributed by atoms with E-state index >= 15 is 0 Å². The molecule has 0 aliphatic carbocycles. The van der Waals surface area contributed by atoms with E-state index in [1.807, 2.05) is 18.2 Å². The van der Waals surface area contributed by atoms with Crippen molar-refractivity contribution >= 4 is 16.7 Å². The lowest BCUT2D eigenvalue weighted by atomic mass is 9.99. The second-order valence-corrected chi connectivity index (χ2v) is 7.19. The number of terminal acetylenes is 1. The Bertz CT molecular complexity index is 1230. The maximum Gasteiger partial charge on any atom is 0.233 e.